The summed E-state index contributed by atoms with van der Waals surface area (Å²) in [6.45, 7) is 4.33. The number of ether oxygens (including phenoxy) is 1. The summed E-state index contributed by atoms with van der Waals surface area (Å²) in [6.07, 6.45) is 1.19. The van der Waals surface area contributed by atoms with E-state index in [-0.39, 0.29) is 6.04 Å². The standard InChI is InChI=1S/C21H24N2OS/c1-24-18-8-4-7-17(14-18)21(23-12-5-10-22-11-13-23)20-15-16-6-2-3-9-19(16)25-20/h2-4,6-9,14-15,21-22H,5,10-13H2,1H3. The summed E-state index contributed by atoms with van der Waals surface area (Å²) in [5, 5.41) is 4.86. The van der Waals surface area contributed by atoms with Crippen LogP contribution in [0.4, 0.5) is 0 Å². The van der Waals surface area contributed by atoms with Crippen molar-refractivity contribution in [1.82, 2.24) is 10.2 Å². The van der Waals surface area contributed by atoms with E-state index in [0.717, 1.165) is 31.9 Å². The van der Waals surface area contributed by atoms with Crippen molar-refractivity contribution in [2.45, 2.75) is 12.5 Å². The summed E-state index contributed by atoms with van der Waals surface area (Å²) in [7, 11) is 1.74. The van der Waals surface area contributed by atoms with Crippen LogP contribution in [0.1, 0.15) is 22.9 Å². The van der Waals surface area contributed by atoms with E-state index >= 15 is 0 Å². The van der Waals surface area contributed by atoms with Crippen molar-refractivity contribution >= 4 is 21.4 Å². The second kappa shape index (κ2) is 7.56. The Balaban J connectivity index is 1.78. The molecule has 1 aliphatic rings. The van der Waals surface area contributed by atoms with Crippen molar-refractivity contribution in [1.29, 1.82) is 0 Å². The van der Waals surface area contributed by atoms with Gasteiger partial charge in [0.1, 0.15) is 5.75 Å². The lowest BCUT2D eigenvalue weighted by Gasteiger charge is -2.30. The number of hydrogen-bond acceptors (Lipinski definition) is 4. The molecule has 1 saturated heterocycles. The van der Waals surface area contributed by atoms with Crippen LogP contribution in [0, 0.1) is 0 Å². The molecule has 0 saturated carbocycles. The SMILES string of the molecule is COc1cccc(C(c2cc3ccccc3s2)N2CCCNCC2)c1. The van der Waals surface area contributed by atoms with Gasteiger partial charge in [0.25, 0.3) is 0 Å². The maximum Gasteiger partial charge on any atom is 0.119 e. The fourth-order valence-electron chi connectivity index (χ4n) is 3.63. The largest absolute Gasteiger partial charge is 0.497 e. The number of nitrogens with zero attached hydrogens (tertiary/aromatic N) is 1. The average molecular weight is 353 g/mol. The quantitative estimate of drug-likeness (QED) is 0.758. The summed E-state index contributed by atoms with van der Waals surface area (Å²) < 4.78 is 6.84. The van der Waals surface area contributed by atoms with Gasteiger partial charge in [0, 0.05) is 29.2 Å². The minimum Gasteiger partial charge on any atom is -0.497 e. The molecule has 0 radical (unpaired) electrons. The summed E-state index contributed by atoms with van der Waals surface area (Å²) in [5.74, 6) is 0.927. The first-order chi connectivity index (χ1) is 12.3. The van der Waals surface area contributed by atoms with Crippen molar-refractivity contribution in [3.8, 4) is 5.75 Å². The van der Waals surface area contributed by atoms with Crippen LogP contribution in [-0.2, 0) is 0 Å². The van der Waals surface area contributed by atoms with Gasteiger partial charge in [-0.2, -0.15) is 0 Å². The zero-order valence-electron chi connectivity index (χ0n) is 14.6. The zero-order valence-corrected chi connectivity index (χ0v) is 15.4. The number of hydrogen-bond donors (Lipinski definition) is 1. The molecule has 25 heavy (non-hydrogen) atoms. The molecule has 3 nitrogen and oxygen atoms in total. The molecule has 2 heterocycles. The van der Waals surface area contributed by atoms with Crippen LogP contribution in [0.5, 0.6) is 5.75 Å². The summed E-state index contributed by atoms with van der Waals surface area (Å²) in [5.41, 5.74) is 1.31. The van der Waals surface area contributed by atoms with Gasteiger partial charge in [-0.05, 0) is 48.2 Å². The number of methoxy groups -OCH3 is 1. The fraction of sp³-hybridized carbons (Fsp3) is 0.333. The Morgan fingerprint density at radius 3 is 2.84 bits per heavy atom. The van der Waals surface area contributed by atoms with Gasteiger partial charge in [-0.25, -0.2) is 0 Å². The Hall–Kier alpha value is -1.88. The topological polar surface area (TPSA) is 24.5 Å². The van der Waals surface area contributed by atoms with Gasteiger partial charge in [-0.1, -0.05) is 30.3 Å². The van der Waals surface area contributed by atoms with Gasteiger partial charge in [0.15, 0.2) is 0 Å². The molecule has 1 unspecified atom stereocenters. The van der Waals surface area contributed by atoms with E-state index < -0.39 is 0 Å². The van der Waals surface area contributed by atoms with E-state index in [0.29, 0.717) is 0 Å². The van der Waals surface area contributed by atoms with Gasteiger partial charge in [0.2, 0.25) is 0 Å². The van der Waals surface area contributed by atoms with Crippen molar-refractivity contribution in [3.05, 3.63) is 65.0 Å². The Morgan fingerprint density at radius 1 is 1.04 bits per heavy atom. The van der Waals surface area contributed by atoms with Crippen LogP contribution in [0.3, 0.4) is 0 Å². The van der Waals surface area contributed by atoms with Gasteiger partial charge >= 0.3 is 0 Å². The molecular weight excluding hydrogens is 328 g/mol. The summed E-state index contributed by atoms with van der Waals surface area (Å²) in [4.78, 5) is 4.02. The highest BCUT2D eigenvalue weighted by molar-refractivity contribution is 7.19. The average Bonchev–Trinajstić information content (AvgIpc) is 2.89. The third-order valence-electron chi connectivity index (χ3n) is 4.86. The van der Waals surface area contributed by atoms with Crippen molar-refractivity contribution < 1.29 is 4.74 Å². The van der Waals surface area contributed by atoms with E-state index in [1.807, 2.05) is 17.4 Å². The third-order valence-corrected chi connectivity index (χ3v) is 6.03. The second-order valence-corrected chi connectivity index (χ2v) is 7.62. The lowest BCUT2D eigenvalue weighted by Crippen LogP contribution is -2.32. The number of rotatable bonds is 4. The molecule has 4 heteroatoms. The maximum absolute atomic E-state index is 5.48. The molecule has 4 rings (SSSR count). The highest BCUT2D eigenvalue weighted by Gasteiger charge is 2.25. The number of fused-ring (bicyclic) bond motifs is 1. The van der Waals surface area contributed by atoms with Crippen LogP contribution in [-0.4, -0.2) is 38.2 Å². The Kier molecular flexibility index (Phi) is 5.02. The smallest absolute Gasteiger partial charge is 0.119 e. The third kappa shape index (κ3) is 3.56. The van der Waals surface area contributed by atoms with E-state index in [1.165, 1.54) is 26.9 Å². The first kappa shape index (κ1) is 16.6. The van der Waals surface area contributed by atoms with Crippen LogP contribution in [0.25, 0.3) is 10.1 Å². The van der Waals surface area contributed by atoms with E-state index in [9.17, 15) is 0 Å². The first-order valence-electron chi connectivity index (χ1n) is 8.92. The normalized spacial score (nSPS) is 17.3. The molecule has 0 spiro atoms. The molecule has 0 amide bonds. The number of benzene rings is 2. The number of nitrogens with one attached hydrogen (secondary N) is 1. The minimum absolute atomic E-state index is 0.285. The second-order valence-electron chi connectivity index (χ2n) is 6.51. The van der Waals surface area contributed by atoms with E-state index in [1.54, 1.807) is 7.11 Å². The molecule has 1 aromatic heterocycles. The fourth-order valence-corrected chi connectivity index (χ4v) is 4.86. The minimum atomic E-state index is 0.285. The molecular formula is C21H24N2OS. The molecule has 3 aromatic rings. The monoisotopic (exact) mass is 352 g/mol. The van der Waals surface area contributed by atoms with Crippen LogP contribution < -0.4 is 10.1 Å². The van der Waals surface area contributed by atoms with Crippen LogP contribution >= 0.6 is 11.3 Å². The van der Waals surface area contributed by atoms with Gasteiger partial charge < -0.3 is 10.1 Å². The lowest BCUT2D eigenvalue weighted by atomic mass is 10.0. The molecule has 0 bridgehead atoms. The Bertz CT molecular complexity index is 804. The van der Waals surface area contributed by atoms with Crippen molar-refractivity contribution in [2.24, 2.45) is 0 Å². The number of thiophene rings is 1. The first-order valence-corrected chi connectivity index (χ1v) is 9.74. The molecule has 1 fully saturated rings. The molecule has 130 valence electrons. The summed E-state index contributed by atoms with van der Waals surface area (Å²) >= 11 is 1.91. The Labute approximate surface area is 153 Å². The predicted molar refractivity (Wildman–Crippen MR) is 106 cm³/mol. The lowest BCUT2D eigenvalue weighted by molar-refractivity contribution is 0.243. The van der Waals surface area contributed by atoms with Crippen LogP contribution in [0.2, 0.25) is 0 Å². The van der Waals surface area contributed by atoms with Crippen molar-refractivity contribution in [3.63, 3.8) is 0 Å². The highest BCUT2D eigenvalue weighted by Crippen LogP contribution is 2.37. The van der Waals surface area contributed by atoms with Gasteiger partial charge in [0.05, 0.1) is 13.2 Å². The summed E-state index contributed by atoms with van der Waals surface area (Å²) in [6, 6.07) is 19.9. The van der Waals surface area contributed by atoms with E-state index in [4.69, 9.17) is 4.74 Å². The highest BCUT2D eigenvalue weighted by atomic mass is 32.1. The maximum atomic E-state index is 5.48. The van der Waals surface area contributed by atoms with E-state index in [2.05, 4.69) is 58.7 Å². The van der Waals surface area contributed by atoms with Crippen molar-refractivity contribution in [2.75, 3.05) is 33.3 Å². The predicted octanol–water partition coefficient (Wildman–Crippen LogP) is 4.29. The molecule has 2 aromatic carbocycles. The molecule has 1 N–H and O–H groups in total. The zero-order chi connectivity index (χ0) is 17.1. The van der Waals surface area contributed by atoms with Gasteiger partial charge in [-0.15, -0.1) is 11.3 Å². The van der Waals surface area contributed by atoms with Crippen LogP contribution in [0.15, 0.2) is 54.6 Å². The molecule has 1 atom stereocenters. The van der Waals surface area contributed by atoms with Gasteiger partial charge in [-0.3, -0.25) is 4.90 Å². The molecule has 1 aliphatic heterocycles. The molecule has 0 aliphatic carbocycles. The Morgan fingerprint density at radius 2 is 1.96 bits per heavy atom.